The van der Waals surface area contributed by atoms with Crippen molar-refractivity contribution in [2.75, 3.05) is 20.2 Å². The summed E-state index contributed by atoms with van der Waals surface area (Å²) in [6.45, 7) is 1.96. The summed E-state index contributed by atoms with van der Waals surface area (Å²) in [5.74, 6) is 0.678. The highest BCUT2D eigenvalue weighted by Crippen LogP contribution is 2.26. The van der Waals surface area contributed by atoms with Gasteiger partial charge in [-0.3, -0.25) is 4.79 Å². The van der Waals surface area contributed by atoms with Crippen molar-refractivity contribution < 1.29 is 14.6 Å². The number of aromatic hydroxyl groups is 1. The van der Waals surface area contributed by atoms with Crippen LogP contribution in [0.3, 0.4) is 0 Å². The fraction of sp³-hybridized carbons (Fsp3) is 0.417. The van der Waals surface area contributed by atoms with Gasteiger partial charge < -0.3 is 20.5 Å². The molecule has 0 bridgehead atoms. The van der Waals surface area contributed by atoms with Gasteiger partial charge in [0.25, 0.3) is 0 Å². The molecule has 3 N–H and O–H groups in total. The minimum atomic E-state index is 0.0655. The van der Waals surface area contributed by atoms with Gasteiger partial charge in [-0.15, -0.1) is 0 Å². The van der Waals surface area contributed by atoms with Gasteiger partial charge in [-0.25, -0.2) is 0 Å². The lowest BCUT2D eigenvalue weighted by Crippen LogP contribution is -2.50. The van der Waals surface area contributed by atoms with Crippen molar-refractivity contribution in [3.05, 3.63) is 23.8 Å². The van der Waals surface area contributed by atoms with Gasteiger partial charge >= 0.3 is 0 Å². The maximum atomic E-state index is 11.6. The molecule has 0 aromatic heterocycles. The zero-order chi connectivity index (χ0) is 12.3. The van der Waals surface area contributed by atoms with E-state index in [1.807, 2.05) is 0 Å². The number of rotatable bonds is 4. The summed E-state index contributed by atoms with van der Waals surface area (Å²) in [5.41, 5.74) is 0.903. The molecule has 0 aliphatic carbocycles. The summed E-state index contributed by atoms with van der Waals surface area (Å²) in [6.07, 6.45) is 0. The lowest BCUT2D eigenvalue weighted by molar-refractivity contribution is -0.126. The molecular weight excluding hydrogens is 220 g/mol. The van der Waals surface area contributed by atoms with Crippen LogP contribution < -0.4 is 15.4 Å². The predicted octanol–water partition coefficient (Wildman–Crippen LogP) is 0.236. The number of nitrogens with one attached hydrogen (secondary N) is 2. The number of phenols is 1. The summed E-state index contributed by atoms with van der Waals surface area (Å²) in [5, 5.41) is 15.3. The Morgan fingerprint density at radius 1 is 1.59 bits per heavy atom. The summed E-state index contributed by atoms with van der Waals surface area (Å²) >= 11 is 0. The van der Waals surface area contributed by atoms with Crippen LogP contribution in [0.5, 0.6) is 11.5 Å². The summed E-state index contributed by atoms with van der Waals surface area (Å²) in [4.78, 5) is 11.6. The van der Waals surface area contributed by atoms with Crippen LogP contribution in [0, 0.1) is 5.92 Å². The van der Waals surface area contributed by atoms with E-state index in [2.05, 4.69) is 10.6 Å². The zero-order valence-corrected chi connectivity index (χ0v) is 9.69. The van der Waals surface area contributed by atoms with Crippen LogP contribution in [-0.2, 0) is 11.3 Å². The molecular formula is C12H16N2O3. The maximum Gasteiger partial charge on any atom is 0.225 e. The standard InChI is InChI=1S/C12H16N2O3/c1-17-11-4-8(2-3-10(11)15)5-14-12(16)9-6-13-7-9/h2-4,9,13,15H,5-7H2,1H3,(H,14,16). The van der Waals surface area contributed by atoms with Gasteiger partial charge in [-0.1, -0.05) is 6.07 Å². The summed E-state index contributed by atoms with van der Waals surface area (Å²) in [7, 11) is 1.50. The monoisotopic (exact) mass is 236 g/mol. The van der Waals surface area contributed by atoms with E-state index in [1.165, 1.54) is 7.11 Å². The molecule has 1 aromatic rings. The van der Waals surface area contributed by atoms with Crippen molar-refractivity contribution in [1.29, 1.82) is 0 Å². The smallest absolute Gasteiger partial charge is 0.225 e. The summed E-state index contributed by atoms with van der Waals surface area (Å²) in [6, 6.07) is 5.04. The predicted molar refractivity (Wildman–Crippen MR) is 62.9 cm³/mol. The molecule has 0 saturated carbocycles. The Balaban J connectivity index is 1.92. The van der Waals surface area contributed by atoms with Crippen LogP contribution in [0.4, 0.5) is 0 Å². The number of amides is 1. The third kappa shape index (κ3) is 2.68. The van der Waals surface area contributed by atoms with Crippen molar-refractivity contribution in [2.45, 2.75) is 6.54 Å². The zero-order valence-electron chi connectivity index (χ0n) is 9.69. The second-order valence-corrected chi connectivity index (χ2v) is 4.08. The first-order chi connectivity index (χ1) is 8.20. The van der Waals surface area contributed by atoms with Crippen LogP contribution in [0.25, 0.3) is 0 Å². The second-order valence-electron chi connectivity index (χ2n) is 4.08. The molecule has 17 heavy (non-hydrogen) atoms. The van der Waals surface area contributed by atoms with E-state index in [9.17, 15) is 9.90 Å². The number of hydrogen-bond donors (Lipinski definition) is 3. The van der Waals surface area contributed by atoms with Gasteiger partial charge in [-0.05, 0) is 17.7 Å². The first-order valence-corrected chi connectivity index (χ1v) is 5.55. The topological polar surface area (TPSA) is 70.6 Å². The van der Waals surface area contributed by atoms with E-state index in [0.717, 1.165) is 18.7 Å². The third-order valence-electron chi connectivity index (χ3n) is 2.86. The number of phenolic OH excluding ortho intramolecular Hbond substituents is 1. The molecule has 1 aromatic carbocycles. The minimum Gasteiger partial charge on any atom is -0.504 e. The van der Waals surface area contributed by atoms with Gasteiger partial charge in [0.2, 0.25) is 5.91 Å². The highest BCUT2D eigenvalue weighted by atomic mass is 16.5. The van der Waals surface area contributed by atoms with Crippen molar-refractivity contribution in [3.8, 4) is 11.5 Å². The van der Waals surface area contributed by atoms with Crippen molar-refractivity contribution >= 4 is 5.91 Å². The number of methoxy groups -OCH3 is 1. The Morgan fingerprint density at radius 2 is 2.35 bits per heavy atom. The molecule has 0 radical (unpaired) electrons. The van der Waals surface area contributed by atoms with Crippen LogP contribution in [-0.4, -0.2) is 31.2 Å². The summed E-state index contributed by atoms with van der Waals surface area (Å²) < 4.78 is 5.00. The normalized spacial score (nSPS) is 15.1. The number of benzene rings is 1. The van der Waals surface area contributed by atoms with E-state index in [4.69, 9.17) is 4.74 Å². The Labute approximate surface area is 99.8 Å². The number of hydrogen-bond acceptors (Lipinski definition) is 4. The van der Waals surface area contributed by atoms with Crippen LogP contribution >= 0.6 is 0 Å². The van der Waals surface area contributed by atoms with E-state index in [1.54, 1.807) is 18.2 Å². The molecule has 2 rings (SSSR count). The minimum absolute atomic E-state index is 0.0655. The average Bonchev–Trinajstić information content (AvgIpc) is 2.25. The van der Waals surface area contributed by atoms with E-state index < -0.39 is 0 Å². The number of carbonyl (C=O) groups excluding carboxylic acids is 1. The van der Waals surface area contributed by atoms with Gasteiger partial charge in [0, 0.05) is 19.6 Å². The first kappa shape index (κ1) is 11.7. The molecule has 1 heterocycles. The molecule has 5 nitrogen and oxygen atoms in total. The van der Waals surface area contributed by atoms with Crippen molar-refractivity contribution in [3.63, 3.8) is 0 Å². The first-order valence-electron chi connectivity index (χ1n) is 5.55. The molecule has 0 spiro atoms. The van der Waals surface area contributed by atoms with E-state index in [0.29, 0.717) is 12.3 Å². The lowest BCUT2D eigenvalue weighted by Gasteiger charge is -2.25. The second kappa shape index (κ2) is 5.05. The van der Waals surface area contributed by atoms with Gasteiger partial charge in [0.05, 0.1) is 13.0 Å². The van der Waals surface area contributed by atoms with Crippen molar-refractivity contribution in [2.24, 2.45) is 5.92 Å². The molecule has 92 valence electrons. The third-order valence-corrected chi connectivity index (χ3v) is 2.86. The Kier molecular flexibility index (Phi) is 3.49. The molecule has 1 aliphatic rings. The van der Waals surface area contributed by atoms with Crippen molar-refractivity contribution in [1.82, 2.24) is 10.6 Å². The quantitative estimate of drug-likeness (QED) is 0.700. The van der Waals surface area contributed by atoms with E-state index >= 15 is 0 Å². The maximum absolute atomic E-state index is 11.6. The number of carbonyl (C=O) groups is 1. The Hall–Kier alpha value is -1.75. The molecule has 1 aliphatic heterocycles. The molecule has 0 atom stereocenters. The largest absolute Gasteiger partial charge is 0.504 e. The molecule has 1 amide bonds. The molecule has 1 saturated heterocycles. The van der Waals surface area contributed by atoms with Gasteiger partial charge in [0.1, 0.15) is 0 Å². The SMILES string of the molecule is COc1cc(CNC(=O)C2CNC2)ccc1O. The molecule has 5 heteroatoms. The fourth-order valence-corrected chi connectivity index (χ4v) is 1.64. The highest BCUT2D eigenvalue weighted by molar-refractivity contribution is 5.80. The Morgan fingerprint density at radius 3 is 2.94 bits per heavy atom. The molecule has 1 fully saturated rings. The van der Waals surface area contributed by atoms with Gasteiger partial charge in [0.15, 0.2) is 11.5 Å². The van der Waals surface area contributed by atoms with Crippen LogP contribution in [0.15, 0.2) is 18.2 Å². The fourth-order valence-electron chi connectivity index (χ4n) is 1.64. The number of ether oxygens (including phenoxy) is 1. The average molecular weight is 236 g/mol. The van der Waals surface area contributed by atoms with E-state index in [-0.39, 0.29) is 17.6 Å². The molecule has 0 unspecified atom stereocenters. The van der Waals surface area contributed by atoms with Crippen LogP contribution in [0.2, 0.25) is 0 Å². The highest BCUT2D eigenvalue weighted by Gasteiger charge is 2.24. The lowest BCUT2D eigenvalue weighted by atomic mass is 10.0. The Bertz CT molecular complexity index is 416. The van der Waals surface area contributed by atoms with Crippen LogP contribution in [0.1, 0.15) is 5.56 Å². The van der Waals surface area contributed by atoms with Gasteiger partial charge in [-0.2, -0.15) is 0 Å².